The smallest absolute Gasteiger partial charge is 0.394 e. The van der Waals surface area contributed by atoms with Gasteiger partial charge in [0.2, 0.25) is 0 Å². The fourth-order valence-electron chi connectivity index (χ4n) is 4.70. The third-order valence-electron chi connectivity index (χ3n) is 7.01. The van der Waals surface area contributed by atoms with Crippen LogP contribution in [0.15, 0.2) is 0 Å². The number of aliphatic hydroxyl groups is 1. The second kappa shape index (κ2) is 29.2. The Morgan fingerprint density at radius 2 is 1.03 bits per heavy atom. The predicted octanol–water partition coefficient (Wildman–Crippen LogP) is 7.43. The fraction of sp³-hybridized carbons (Fsp3) is 1.00. The van der Waals surface area contributed by atoms with Crippen molar-refractivity contribution in [2.75, 3.05) is 39.6 Å². The van der Waals surface area contributed by atoms with Crippen molar-refractivity contribution >= 4 is 10.4 Å². The quantitative estimate of drug-likeness (QED) is 0.0622. The molecule has 236 valence electrons. The molecule has 2 atom stereocenters. The lowest BCUT2D eigenvalue weighted by atomic mass is 10.0. The maximum absolute atomic E-state index is 11.2. The molecule has 0 aliphatic carbocycles. The molecule has 0 spiro atoms. The predicted molar refractivity (Wildman–Crippen MR) is 159 cm³/mol. The van der Waals surface area contributed by atoms with Crippen LogP contribution in [0.3, 0.4) is 0 Å². The summed E-state index contributed by atoms with van der Waals surface area (Å²) in [7, 11) is -4.58. The Balaban J connectivity index is 4.60. The Hall–Kier alpha value is -0.290. The number of hydrogen-bond acceptors (Lipinski definition) is 7. The molecule has 0 aromatic rings. The number of rotatable bonds is 32. The summed E-state index contributed by atoms with van der Waals surface area (Å²) < 4.78 is 53.7. The van der Waals surface area contributed by atoms with Crippen molar-refractivity contribution in [2.24, 2.45) is 0 Å². The molecule has 0 rings (SSSR count). The van der Waals surface area contributed by atoms with Crippen molar-refractivity contribution in [3.63, 3.8) is 0 Å². The van der Waals surface area contributed by atoms with Crippen LogP contribution in [0.25, 0.3) is 0 Å². The molecule has 0 aliphatic rings. The Labute approximate surface area is 240 Å². The summed E-state index contributed by atoms with van der Waals surface area (Å²) in [5, 5.41) is 8.88. The molecular formula is C30H62O8S. The summed E-state index contributed by atoms with van der Waals surface area (Å²) >= 11 is 0. The first-order valence-electron chi connectivity index (χ1n) is 16.0. The van der Waals surface area contributed by atoms with Gasteiger partial charge in [0.15, 0.2) is 0 Å². The van der Waals surface area contributed by atoms with Crippen molar-refractivity contribution in [3.05, 3.63) is 0 Å². The van der Waals surface area contributed by atoms with Crippen molar-refractivity contribution in [3.8, 4) is 0 Å². The van der Waals surface area contributed by atoms with E-state index in [1.165, 1.54) is 96.3 Å². The van der Waals surface area contributed by atoms with E-state index < -0.39 is 16.5 Å². The van der Waals surface area contributed by atoms with Crippen LogP contribution in [0, 0.1) is 0 Å². The average Bonchev–Trinajstić information content (AvgIpc) is 2.90. The fourth-order valence-corrected chi connectivity index (χ4v) is 5.00. The zero-order chi connectivity index (χ0) is 28.9. The number of ether oxygens (including phenoxy) is 3. The second-order valence-corrected chi connectivity index (χ2v) is 11.8. The molecule has 9 heteroatoms. The lowest BCUT2D eigenvalue weighted by Gasteiger charge is -2.27. The van der Waals surface area contributed by atoms with Crippen molar-refractivity contribution in [2.45, 2.75) is 154 Å². The van der Waals surface area contributed by atoms with Gasteiger partial charge in [-0.05, 0) is 12.8 Å². The van der Waals surface area contributed by atoms with Crippen LogP contribution in [0.2, 0.25) is 0 Å². The van der Waals surface area contributed by atoms with Crippen molar-refractivity contribution in [1.29, 1.82) is 0 Å². The molecule has 39 heavy (non-hydrogen) atoms. The van der Waals surface area contributed by atoms with Crippen LogP contribution < -0.4 is 0 Å². The number of hydrogen-bond donors (Lipinski definition) is 2. The van der Waals surface area contributed by atoms with E-state index in [9.17, 15) is 8.42 Å². The van der Waals surface area contributed by atoms with Crippen LogP contribution in [0.4, 0.5) is 0 Å². The van der Waals surface area contributed by atoms with Gasteiger partial charge in [-0.25, -0.2) is 4.18 Å². The van der Waals surface area contributed by atoms with Gasteiger partial charge in [0.05, 0.1) is 39.1 Å². The minimum Gasteiger partial charge on any atom is -0.394 e. The standard InChI is InChI=1S/C30H62O8S/c1-3-5-7-9-11-13-15-17-19-21-24-36-29(22-20-18-16-14-12-10-8-6-4-2)30(28-38-39(32,33)34)37-27-26-35-25-23-31/h29-31H,3-28H2,1-2H3,(H,32,33,34). The first kappa shape index (κ1) is 38.7. The second-order valence-electron chi connectivity index (χ2n) is 10.7. The molecular weight excluding hydrogens is 520 g/mol. The molecule has 0 aliphatic heterocycles. The Morgan fingerprint density at radius 3 is 1.51 bits per heavy atom. The van der Waals surface area contributed by atoms with E-state index in [-0.39, 0.29) is 39.1 Å². The molecule has 0 heterocycles. The first-order chi connectivity index (χ1) is 18.9. The molecule has 2 N–H and O–H groups in total. The summed E-state index contributed by atoms with van der Waals surface area (Å²) in [6, 6.07) is 0. The normalized spacial score (nSPS) is 13.6. The van der Waals surface area contributed by atoms with E-state index in [4.69, 9.17) is 28.1 Å². The van der Waals surface area contributed by atoms with Gasteiger partial charge in [0, 0.05) is 6.61 Å². The highest BCUT2D eigenvalue weighted by Crippen LogP contribution is 2.18. The molecule has 0 bridgehead atoms. The largest absolute Gasteiger partial charge is 0.397 e. The molecule has 0 radical (unpaired) electrons. The molecule has 0 saturated heterocycles. The summed E-state index contributed by atoms with van der Waals surface area (Å²) in [6.07, 6.45) is 23.2. The van der Waals surface area contributed by atoms with E-state index in [1.807, 2.05) is 0 Å². The Kier molecular flexibility index (Phi) is 29.0. The molecule has 0 amide bonds. The third kappa shape index (κ3) is 29.0. The summed E-state index contributed by atoms with van der Waals surface area (Å²) in [4.78, 5) is 0. The van der Waals surface area contributed by atoms with Gasteiger partial charge in [0.25, 0.3) is 0 Å². The number of unbranched alkanes of at least 4 members (excludes halogenated alkanes) is 17. The lowest BCUT2D eigenvalue weighted by molar-refractivity contribution is -0.103. The number of aliphatic hydroxyl groups excluding tert-OH is 1. The molecule has 2 unspecified atom stereocenters. The van der Waals surface area contributed by atoms with Crippen molar-refractivity contribution in [1.82, 2.24) is 0 Å². The van der Waals surface area contributed by atoms with Crippen LogP contribution in [-0.4, -0.2) is 69.9 Å². The first-order valence-corrected chi connectivity index (χ1v) is 17.3. The SMILES string of the molecule is CCCCCCCCCCCCOC(CCCCCCCCCCC)C(COS(=O)(=O)O)OCCOCCO. The molecule has 0 aromatic carbocycles. The molecule has 0 fully saturated rings. The molecule has 0 aromatic heterocycles. The van der Waals surface area contributed by atoms with Crippen LogP contribution in [0.5, 0.6) is 0 Å². The molecule has 0 saturated carbocycles. The van der Waals surface area contributed by atoms with Gasteiger partial charge in [-0.3, -0.25) is 4.55 Å². The minimum absolute atomic E-state index is 0.0709. The van der Waals surface area contributed by atoms with E-state index in [0.29, 0.717) is 6.61 Å². The average molecular weight is 583 g/mol. The Morgan fingerprint density at radius 1 is 0.564 bits per heavy atom. The van der Waals surface area contributed by atoms with Gasteiger partial charge >= 0.3 is 10.4 Å². The monoisotopic (exact) mass is 582 g/mol. The zero-order valence-electron chi connectivity index (χ0n) is 25.3. The van der Waals surface area contributed by atoms with Gasteiger partial charge < -0.3 is 19.3 Å². The Bertz CT molecular complexity index is 588. The highest BCUT2D eigenvalue weighted by molar-refractivity contribution is 7.80. The van der Waals surface area contributed by atoms with Crippen LogP contribution in [-0.2, 0) is 28.8 Å². The highest BCUT2D eigenvalue weighted by Gasteiger charge is 2.25. The minimum atomic E-state index is -4.58. The third-order valence-corrected chi connectivity index (χ3v) is 7.45. The van der Waals surface area contributed by atoms with Gasteiger partial charge in [-0.15, -0.1) is 0 Å². The highest BCUT2D eigenvalue weighted by atomic mass is 32.3. The van der Waals surface area contributed by atoms with E-state index in [2.05, 4.69) is 13.8 Å². The lowest BCUT2D eigenvalue weighted by Crippen LogP contribution is -2.37. The maximum atomic E-state index is 11.2. The summed E-state index contributed by atoms with van der Waals surface area (Å²) in [6.45, 7) is 5.39. The maximum Gasteiger partial charge on any atom is 0.397 e. The van der Waals surface area contributed by atoms with Crippen molar-refractivity contribution < 1.29 is 36.5 Å². The van der Waals surface area contributed by atoms with Gasteiger partial charge in [-0.1, -0.05) is 129 Å². The van der Waals surface area contributed by atoms with E-state index >= 15 is 0 Å². The zero-order valence-corrected chi connectivity index (χ0v) is 26.1. The van der Waals surface area contributed by atoms with Gasteiger partial charge in [0.1, 0.15) is 6.10 Å². The van der Waals surface area contributed by atoms with E-state index in [0.717, 1.165) is 32.1 Å². The molecule has 8 nitrogen and oxygen atoms in total. The summed E-state index contributed by atoms with van der Waals surface area (Å²) in [5.41, 5.74) is 0. The van der Waals surface area contributed by atoms with Crippen LogP contribution >= 0.6 is 0 Å². The summed E-state index contributed by atoms with van der Waals surface area (Å²) in [5.74, 6) is 0. The topological polar surface area (TPSA) is 112 Å². The van der Waals surface area contributed by atoms with Crippen LogP contribution in [0.1, 0.15) is 142 Å². The van der Waals surface area contributed by atoms with E-state index in [1.54, 1.807) is 0 Å². The van der Waals surface area contributed by atoms with Gasteiger partial charge in [-0.2, -0.15) is 8.42 Å².